The van der Waals surface area contributed by atoms with Gasteiger partial charge in [0.15, 0.2) is 11.5 Å². The van der Waals surface area contributed by atoms with Crippen molar-refractivity contribution in [2.45, 2.75) is 19.4 Å². The van der Waals surface area contributed by atoms with Crippen LogP contribution in [0.2, 0.25) is 0 Å². The number of aryl methyl sites for hydroxylation is 1. The molecule has 0 saturated heterocycles. The minimum Gasteiger partial charge on any atom is -0.493 e. The molecule has 0 aliphatic carbocycles. The van der Waals surface area contributed by atoms with Crippen molar-refractivity contribution in [3.05, 3.63) is 89.5 Å². The lowest BCUT2D eigenvalue weighted by molar-refractivity contribution is 0.354. The van der Waals surface area contributed by atoms with Crippen molar-refractivity contribution in [1.82, 2.24) is 0 Å². The average Bonchev–Trinajstić information content (AvgIpc) is 3.19. The Morgan fingerprint density at radius 1 is 0.857 bits per heavy atom. The first kappa shape index (κ1) is 18.1. The van der Waals surface area contributed by atoms with Crippen LogP contribution in [0.5, 0.6) is 11.5 Å². The number of anilines is 1. The van der Waals surface area contributed by atoms with Crippen molar-refractivity contribution in [3.63, 3.8) is 0 Å². The van der Waals surface area contributed by atoms with E-state index in [0.29, 0.717) is 0 Å². The molecule has 0 fully saturated rings. The summed E-state index contributed by atoms with van der Waals surface area (Å²) < 4.78 is 10.9. The number of hydrazone groups is 1. The monoisotopic (exact) mass is 372 g/mol. The van der Waals surface area contributed by atoms with E-state index in [4.69, 9.17) is 14.6 Å². The van der Waals surface area contributed by atoms with Gasteiger partial charge in [0.25, 0.3) is 0 Å². The number of rotatable bonds is 5. The molecule has 1 heterocycles. The standard InChI is InChI=1S/C24H24N2O2/c1-17-8-7-9-18(14-17)21-16-22(26(25-21)20-10-5-4-6-11-20)19-12-13-23(27-2)24(15-19)28-3/h4-15,22H,16H2,1-3H3. The van der Waals surface area contributed by atoms with Crippen LogP contribution in [0.15, 0.2) is 77.9 Å². The maximum atomic E-state index is 5.52. The summed E-state index contributed by atoms with van der Waals surface area (Å²) in [5.41, 5.74) is 5.72. The second-order valence-corrected chi connectivity index (χ2v) is 6.93. The fraction of sp³-hybridized carbons (Fsp3) is 0.208. The third-order valence-corrected chi connectivity index (χ3v) is 5.07. The fourth-order valence-corrected chi connectivity index (χ4v) is 3.65. The number of hydrogen-bond acceptors (Lipinski definition) is 4. The van der Waals surface area contributed by atoms with Crippen LogP contribution in [-0.2, 0) is 0 Å². The highest BCUT2D eigenvalue weighted by atomic mass is 16.5. The second-order valence-electron chi connectivity index (χ2n) is 6.93. The topological polar surface area (TPSA) is 34.1 Å². The zero-order chi connectivity index (χ0) is 19.5. The highest BCUT2D eigenvalue weighted by Gasteiger charge is 2.30. The van der Waals surface area contributed by atoms with Gasteiger partial charge in [0.1, 0.15) is 0 Å². The summed E-state index contributed by atoms with van der Waals surface area (Å²) in [5.74, 6) is 1.47. The molecule has 0 N–H and O–H groups in total. The van der Waals surface area contributed by atoms with Crippen molar-refractivity contribution in [3.8, 4) is 11.5 Å². The van der Waals surface area contributed by atoms with E-state index in [2.05, 4.69) is 54.4 Å². The molecule has 0 saturated carbocycles. The predicted octanol–water partition coefficient (Wildman–Crippen LogP) is 5.37. The minimum absolute atomic E-state index is 0.0951. The number of methoxy groups -OCH3 is 2. The fourth-order valence-electron chi connectivity index (χ4n) is 3.65. The Bertz CT molecular complexity index is 998. The molecule has 3 aromatic carbocycles. The first-order chi connectivity index (χ1) is 13.7. The first-order valence-corrected chi connectivity index (χ1v) is 9.40. The lowest BCUT2D eigenvalue weighted by atomic mass is 9.97. The molecule has 0 radical (unpaired) electrons. The molecule has 28 heavy (non-hydrogen) atoms. The highest BCUT2D eigenvalue weighted by molar-refractivity contribution is 6.03. The van der Waals surface area contributed by atoms with Gasteiger partial charge in [-0.25, -0.2) is 0 Å². The molecule has 4 rings (SSSR count). The Morgan fingerprint density at radius 2 is 1.64 bits per heavy atom. The smallest absolute Gasteiger partial charge is 0.161 e. The van der Waals surface area contributed by atoms with Crippen LogP contribution in [0, 0.1) is 6.92 Å². The van der Waals surface area contributed by atoms with Crippen LogP contribution in [0.25, 0.3) is 0 Å². The lowest BCUT2D eigenvalue weighted by Gasteiger charge is -2.24. The molecule has 142 valence electrons. The largest absolute Gasteiger partial charge is 0.493 e. The van der Waals surface area contributed by atoms with Gasteiger partial charge in [0, 0.05) is 6.42 Å². The van der Waals surface area contributed by atoms with E-state index in [1.54, 1.807) is 14.2 Å². The van der Waals surface area contributed by atoms with E-state index in [-0.39, 0.29) is 6.04 Å². The summed E-state index contributed by atoms with van der Waals surface area (Å²) in [4.78, 5) is 0. The minimum atomic E-state index is 0.0951. The molecule has 1 unspecified atom stereocenters. The molecular weight excluding hydrogens is 348 g/mol. The quantitative estimate of drug-likeness (QED) is 0.604. The van der Waals surface area contributed by atoms with Crippen LogP contribution in [0.3, 0.4) is 0 Å². The maximum Gasteiger partial charge on any atom is 0.161 e. The Morgan fingerprint density at radius 3 is 2.36 bits per heavy atom. The summed E-state index contributed by atoms with van der Waals surface area (Å²) in [6, 6.07) is 25.0. The third-order valence-electron chi connectivity index (χ3n) is 5.07. The molecule has 1 aliphatic rings. The van der Waals surface area contributed by atoms with Gasteiger partial charge in [-0.05, 0) is 42.3 Å². The van der Waals surface area contributed by atoms with Crippen molar-refractivity contribution in [2.75, 3.05) is 19.2 Å². The first-order valence-electron chi connectivity index (χ1n) is 9.40. The molecule has 1 atom stereocenters. The van der Waals surface area contributed by atoms with Gasteiger partial charge in [-0.15, -0.1) is 0 Å². The zero-order valence-corrected chi connectivity index (χ0v) is 16.4. The SMILES string of the molecule is COc1ccc(C2CC(c3cccc(C)c3)=NN2c2ccccc2)cc1OC. The van der Waals surface area contributed by atoms with Gasteiger partial charge in [-0.2, -0.15) is 5.10 Å². The van der Waals surface area contributed by atoms with Crippen LogP contribution >= 0.6 is 0 Å². The van der Waals surface area contributed by atoms with Crippen molar-refractivity contribution in [1.29, 1.82) is 0 Å². The Hall–Kier alpha value is -3.27. The second kappa shape index (κ2) is 7.77. The summed E-state index contributed by atoms with van der Waals surface area (Å²) in [7, 11) is 3.32. The maximum absolute atomic E-state index is 5.52. The molecule has 0 amide bonds. The third kappa shape index (κ3) is 3.46. The van der Waals surface area contributed by atoms with Crippen LogP contribution in [-0.4, -0.2) is 19.9 Å². The summed E-state index contributed by atoms with van der Waals surface area (Å²) >= 11 is 0. The van der Waals surface area contributed by atoms with Gasteiger partial charge in [-0.1, -0.05) is 54.1 Å². The van der Waals surface area contributed by atoms with Crippen LogP contribution in [0.1, 0.15) is 29.2 Å². The molecule has 3 aromatic rings. The molecule has 4 nitrogen and oxygen atoms in total. The molecule has 0 aromatic heterocycles. The molecule has 0 bridgehead atoms. The van der Waals surface area contributed by atoms with Gasteiger partial charge in [0.2, 0.25) is 0 Å². The van der Waals surface area contributed by atoms with E-state index in [0.717, 1.165) is 34.9 Å². The normalized spacial score (nSPS) is 16.0. The van der Waals surface area contributed by atoms with Crippen molar-refractivity contribution >= 4 is 11.4 Å². The Labute approximate surface area is 166 Å². The summed E-state index contributed by atoms with van der Waals surface area (Å²) in [5, 5.41) is 7.11. The van der Waals surface area contributed by atoms with Gasteiger partial charge >= 0.3 is 0 Å². The number of nitrogens with zero attached hydrogens (tertiary/aromatic N) is 2. The Kier molecular flexibility index (Phi) is 5.02. The van der Waals surface area contributed by atoms with Gasteiger partial charge in [-0.3, -0.25) is 5.01 Å². The van der Waals surface area contributed by atoms with E-state index >= 15 is 0 Å². The number of hydrogen-bond donors (Lipinski definition) is 0. The lowest BCUT2D eigenvalue weighted by Crippen LogP contribution is -2.18. The molecule has 0 spiro atoms. The van der Waals surface area contributed by atoms with Gasteiger partial charge in [0.05, 0.1) is 31.7 Å². The van der Waals surface area contributed by atoms with Crippen molar-refractivity contribution in [2.24, 2.45) is 5.10 Å². The highest BCUT2D eigenvalue weighted by Crippen LogP contribution is 2.39. The van der Waals surface area contributed by atoms with E-state index in [1.807, 2.05) is 30.3 Å². The van der Waals surface area contributed by atoms with E-state index < -0.39 is 0 Å². The average molecular weight is 372 g/mol. The zero-order valence-electron chi connectivity index (χ0n) is 16.4. The summed E-state index contributed by atoms with van der Waals surface area (Å²) in [6.07, 6.45) is 0.827. The van der Waals surface area contributed by atoms with Crippen LogP contribution in [0.4, 0.5) is 5.69 Å². The van der Waals surface area contributed by atoms with E-state index in [1.165, 1.54) is 11.1 Å². The molecule has 1 aliphatic heterocycles. The van der Waals surface area contributed by atoms with Crippen LogP contribution < -0.4 is 14.5 Å². The summed E-state index contributed by atoms with van der Waals surface area (Å²) in [6.45, 7) is 2.11. The van der Waals surface area contributed by atoms with Gasteiger partial charge < -0.3 is 9.47 Å². The predicted molar refractivity (Wildman–Crippen MR) is 114 cm³/mol. The van der Waals surface area contributed by atoms with Crippen molar-refractivity contribution < 1.29 is 9.47 Å². The number of para-hydroxylation sites is 1. The molecular formula is C24H24N2O2. The number of benzene rings is 3. The number of ether oxygens (including phenoxy) is 2. The Balaban J connectivity index is 1.76. The van der Waals surface area contributed by atoms with E-state index in [9.17, 15) is 0 Å². The molecule has 4 heteroatoms.